The van der Waals surface area contributed by atoms with Gasteiger partial charge in [0.2, 0.25) is 15.9 Å². The molecule has 0 heterocycles. The van der Waals surface area contributed by atoms with Crippen molar-refractivity contribution >= 4 is 27.6 Å². The molecule has 0 aliphatic carbocycles. The van der Waals surface area contributed by atoms with Gasteiger partial charge in [-0.1, -0.05) is 12.2 Å². The second-order valence-electron chi connectivity index (χ2n) is 4.58. The first-order valence-corrected chi connectivity index (χ1v) is 8.29. The summed E-state index contributed by atoms with van der Waals surface area (Å²) in [6.45, 7) is 7.35. The number of carbonyl (C=O) groups is 2. The zero-order valence-electron chi connectivity index (χ0n) is 12.9. The van der Waals surface area contributed by atoms with Crippen molar-refractivity contribution in [3.63, 3.8) is 0 Å². The summed E-state index contributed by atoms with van der Waals surface area (Å²) in [7, 11) is -3.71. The largest absolute Gasteiger partial charge is 0.478 e. The molecule has 24 heavy (non-hydrogen) atoms. The highest BCUT2D eigenvalue weighted by Crippen LogP contribution is 2.18. The summed E-state index contributed by atoms with van der Waals surface area (Å²) < 4.78 is 26.2. The van der Waals surface area contributed by atoms with Crippen LogP contribution in [0.25, 0.3) is 0 Å². The van der Waals surface area contributed by atoms with Crippen molar-refractivity contribution in [3.05, 3.63) is 61.7 Å². The zero-order chi connectivity index (χ0) is 18.2. The minimum Gasteiger partial charge on any atom is -0.478 e. The van der Waals surface area contributed by atoms with Gasteiger partial charge in [0.15, 0.2) is 0 Å². The smallest absolute Gasteiger partial charge is 0.328 e. The third-order valence-electron chi connectivity index (χ3n) is 2.80. The number of rotatable bonds is 9. The molecule has 0 aromatic heterocycles. The highest BCUT2D eigenvalue weighted by Gasteiger charge is 2.22. The number of anilines is 1. The fourth-order valence-corrected chi connectivity index (χ4v) is 3.13. The van der Waals surface area contributed by atoms with Gasteiger partial charge in [-0.15, -0.1) is 13.2 Å². The molecule has 8 heteroatoms. The maximum Gasteiger partial charge on any atom is 0.328 e. The van der Waals surface area contributed by atoms with Gasteiger partial charge in [0, 0.05) is 30.9 Å². The Balaban J connectivity index is 2.93. The molecule has 0 bridgehead atoms. The van der Waals surface area contributed by atoms with Crippen LogP contribution in [0.2, 0.25) is 0 Å². The third-order valence-corrected chi connectivity index (χ3v) is 4.65. The maximum atomic E-state index is 12.5. The molecule has 128 valence electrons. The van der Waals surface area contributed by atoms with Crippen LogP contribution in [-0.2, 0) is 19.6 Å². The van der Waals surface area contributed by atoms with Crippen molar-refractivity contribution in [1.82, 2.24) is 4.31 Å². The summed E-state index contributed by atoms with van der Waals surface area (Å²) in [5.74, 6) is -1.87. The van der Waals surface area contributed by atoms with Crippen molar-refractivity contribution in [1.29, 1.82) is 0 Å². The van der Waals surface area contributed by atoms with Gasteiger partial charge in [-0.2, -0.15) is 4.31 Å². The van der Waals surface area contributed by atoms with Gasteiger partial charge in [-0.25, -0.2) is 13.2 Å². The van der Waals surface area contributed by atoms with E-state index in [1.165, 1.54) is 40.7 Å². The van der Waals surface area contributed by atoms with Crippen LogP contribution in [0, 0.1) is 0 Å². The number of aliphatic carboxylic acids is 1. The van der Waals surface area contributed by atoms with Crippen molar-refractivity contribution in [3.8, 4) is 0 Å². The van der Waals surface area contributed by atoms with Crippen LogP contribution >= 0.6 is 0 Å². The highest BCUT2D eigenvalue weighted by atomic mass is 32.2. The van der Waals surface area contributed by atoms with Gasteiger partial charge >= 0.3 is 5.97 Å². The summed E-state index contributed by atoms with van der Waals surface area (Å²) in [6.07, 6.45) is 4.52. The number of hydrogen-bond donors (Lipinski definition) is 2. The fraction of sp³-hybridized carbons (Fsp3) is 0.125. The molecule has 2 N–H and O–H groups in total. The number of carboxylic acid groups (broad SMARTS) is 1. The molecule has 0 aliphatic rings. The Morgan fingerprint density at radius 3 is 2.08 bits per heavy atom. The van der Waals surface area contributed by atoms with E-state index in [-0.39, 0.29) is 18.0 Å². The van der Waals surface area contributed by atoms with E-state index in [1.807, 2.05) is 0 Å². The van der Waals surface area contributed by atoms with Crippen molar-refractivity contribution in [2.45, 2.75) is 4.90 Å². The van der Waals surface area contributed by atoms with Gasteiger partial charge in [-0.3, -0.25) is 4.79 Å². The molecule has 0 saturated heterocycles. The summed E-state index contributed by atoms with van der Waals surface area (Å²) in [6, 6.07) is 5.54. The Morgan fingerprint density at radius 2 is 1.62 bits per heavy atom. The van der Waals surface area contributed by atoms with Gasteiger partial charge in [0.05, 0.1) is 4.90 Å². The van der Waals surface area contributed by atoms with E-state index in [0.717, 1.165) is 6.08 Å². The molecule has 7 nitrogen and oxygen atoms in total. The molecule has 0 aliphatic heterocycles. The summed E-state index contributed by atoms with van der Waals surface area (Å²) in [5, 5.41) is 10.9. The number of benzene rings is 1. The zero-order valence-corrected chi connectivity index (χ0v) is 13.7. The van der Waals surface area contributed by atoms with E-state index < -0.39 is 21.9 Å². The Kier molecular flexibility index (Phi) is 7.09. The van der Waals surface area contributed by atoms with E-state index in [1.54, 1.807) is 0 Å². The molecule has 1 amide bonds. The second-order valence-corrected chi connectivity index (χ2v) is 6.52. The van der Waals surface area contributed by atoms with Crippen LogP contribution in [0.15, 0.2) is 66.6 Å². The molecular weight excluding hydrogens is 332 g/mol. The van der Waals surface area contributed by atoms with E-state index >= 15 is 0 Å². The van der Waals surface area contributed by atoms with Crippen LogP contribution < -0.4 is 5.32 Å². The van der Waals surface area contributed by atoms with Crippen molar-refractivity contribution in [2.75, 3.05) is 18.4 Å². The lowest BCUT2D eigenvalue weighted by molar-refractivity contribution is -0.131. The molecular formula is C16H18N2O5S. The molecule has 0 fully saturated rings. The summed E-state index contributed by atoms with van der Waals surface area (Å²) in [5.41, 5.74) is 0.341. The predicted molar refractivity (Wildman–Crippen MR) is 91.0 cm³/mol. The van der Waals surface area contributed by atoms with Crippen LogP contribution in [0.3, 0.4) is 0 Å². The second kappa shape index (κ2) is 8.80. The number of nitrogens with one attached hydrogen (secondary N) is 1. The number of sulfonamides is 1. The average Bonchev–Trinajstić information content (AvgIpc) is 2.53. The van der Waals surface area contributed by atoms with E-state index in [9.17, 15) is 18.0 Å². The molecule has 0 spiro atoms. The van der Waals surface area contributed by atoms with E-state index in [0.29, 0.717) is 11.8 Å². The van der Waals surface area contributed by atoms with Gasteiger partial charge in [-0.05, 0) is 24.3 Å². The van der Waals surface area contributed by atoms with Gasteiger partial charge in [0.25, 0.3) is 0 Å². The average molecular weight is 350 g/mol. The Labute approximate surface area is 140 Å². The minimum atomic E-state index is -3.71. The SMILES string of the molecule is C=CCN(CC=C)S(=O)(=O)c1ccc(NC(=O)/C=C\C(=O)O)cc1. The number of hydrogen-bond acceptors (Lipinski definition) is 4. The van der Waals surface area contributed by atoms with Crippen molar-refractivity contribution in [2.24, 2.45) is 0 Å². The molecule has 0 saturated carbocycles. The van der Waals surface area contributed by atoms with Crippen LogP contribution in [0.4, 0.5) is 5.69 Å². The number of amides is 1. The quantitative estimate of drug-likeness (QED) is 0.520. The molecule has 0 atom stereocenters. The Hall–Kier alpha value is -2.71. The van der Waals surface area contributed by atoms with Crippen LogP contribution in [-0.4, -0.2) is 42.8 Å². The summed E-state index contributed by atoms with van der Waals surface area (Å²) in [4.78, 5) is 21.9. The summed E-state index contributed by atoms with van der Waals surface area (Å²) >= 11 is 0. The topological polar surface area (TPSA) is 104 Å². The fourth-order valence-electron chi connectivity index (χ4n) is 1.75. The number of nitrogens with zero attached hydrogens (tertiary/aromatic N) is 1. The molecule has 0 unspecified atom stereocenters. The lowest BCUT2D eigenvalue weighted by Crippen LogP contribution is -2.31. The van der Waals surface area contributed by atoms with Crippen LogP contribution in [0.1, 0.15) is 0 Å². The van der Waals surface area contributed by atoms with E-state index in [2.05, 4.69) is 18.5 Å². The highest BCUT2D eigenvalue weighted by molar-refractivity contribution is 7.89. The normalized spacial score (nSPS) is 11.4. The first-order valence-electron chi connectivity index (χ1n) is 6.85. The molecule has 1 aromatic carbocycles. The lowest BCUT2D eigenvalue weighted by atomic mass is 10.3. The predicted octanol–water partition coefficient (Wildman–Crippen LogP) is 1.63. The first-order chi connectivity index (χ1) is 11.3. The lowest BCUT2D eigenvalue weighted by Gasteiger charge is -2.19. The van der Waals surface area contributed by atoms with E-state index in [4.69, 9.17) is 5.11 Å². The molecule has 1 aromatic rings. The monoisotopic (exact) mass is 350 g/mol. The number of carbonyl (C=O) groups excluding carboxylic acids is 1. The van der Waals surface area contributed by atoms with Gasteiger partial charge < -0.3 is 10.4 Å². The number of carboxylic acids is 1. The maximum absolute atomic E-state index is 12.5. The molecule has 0 radical (unpaired) electrons. The Bertz CT molecular complexity index is 741. The standard InChI is InChI=1S/C16H18N2O5S/c1-3-11-18(12-4-2)24(22,23)14-7-5-13(6-8-14)17-15(19)9-10-16(20)21/h3-10H,1-2,11-12H2,(H,17,19)(H,20,21)/b10-9-. The third kappa shape index (κ3) is 5.49. The molecule has 1 rings (SSSR count). The van der Waals surface area contributed by atoms with Gasteiger partial charge in [0.1, 0.15) is 0 Å². The van der Waals surface area contributed by atoms with Crippen LogP contribution in [0.5, 0.6) is 0 Å². The first kappa shape index (κ1) is 19.3. The minimum absolute atomic E-state index is 0.0604. The van der Waals surface area contributed by atoms with Crippen molar-refractivity contribution < 1.29 is 23.1 Å². The Morgan fingerprint density at radius 1 is 1.08 bits per heavy atom.